The molecule has 0 aromatic heterocycles. The number of nitrogens with one attached hydrogen (secondary N) is 1. The predicted molar refractivity (Wildman–Crippen MR) is 51.5 cm³/mol. The molecule has 1 rings (SSSR count). The molecule has 0 bridgehead atoms. The fraction of sp³-hybridized carbons (Fsp3) is 0.667. The van der Waals surface area contributed by atoms with Crippen LogP contribution in [0.3, 0.4) is 0 Å². The zero-order valence-corrected chi connectivity index (χ0v) is 8.82. The molecule has 6 nitrogen and oxygen atoms in total. The van der Waals surface area contributed by atoms with Crippen molar-refractivity contribution in [2.45, 2.75) is 39.2 Å². The maximum Gasteiger partial charge on any atom is 0.334 e. The van der Waals surface area contributed by atoms with Crippen molar-refractivity contribution in [2.75, 3.05) is 0 Å². The van der Waals surface area contributed by atoms with Crippen LogP contribution in [0.5, 0.6) is 0 Å². The van der Waals surface area contributed by atoms with Crippen molar-refractivity contribution in [1.29, 1.82) is 0 Å². The fourth-order valence-electron chi connectivity index (χ4n) is 1.34. The predicted octanol–water partition coefficient (Wildman–Crippen LogP) is -0.277. The number of carbonyl (C=O) groups excluding carboxylic acids is 3. The van der Waals surface area contributed by atoms with Gasteiger partial charge in [-0.25, -0.2) is 10.4 Å². The highest BCUT2D eigenvalue weighted by Crippen LogP contribution is 2.24. The molecule has 1 aliphatic rings. The average Bonchev–Trinajstić information content (AvgIpc) is 2.06. The molecule has 0 heterocycles. The van der Waals surface area contributed by atoms with E-state index in [0.717, 1.165) is 29.4 Å². The van der Waals surface area contributed by atoms with E-state index in [1.54, 1.807) is 6.41 Å². The number of carbonyl (C=O) groups is 2. The smallest absolute Gasteiger partial charge is 0.274 e. The number of hydrogen-bond donors (Lipinski definition) is 1. The summed E-state index contributed by atoms with van der Waals surface area (Å²) in [4.78, 5) is 32.8. The Kier molecular flexibility index (Phi) is 3.65. The van der Waals surface area contributed by atoms with Gasteiger partial charge in [0.15, 0.2) is 0 Å². The van der Waals surface area contributed by atoms with Crippen LogP contribution in [0.2, 0.25) is 0 Å². The molecule has 0 aromatic carbocycles. The van der Waals surface area contributed by atoms with Crippen LogP contribution in [0, 0.1) is 0 Å². The molecule has 1 fully saturated rings. The van der Waals surface area contributed by atoms with Crippen LogP contribution in [0.4, 0.5) is 0 Å². The van der Waals surface area contributed by atoms with Crippen molar-refractivity contribution in [3.63, 3.8) is 0 Å². The van der Waals surface area contributed by atoms with Gasteiger partial charge in [0.25, 0.3) is 5.91 Å². The van der Waals surface area contributed by atoms with Gasteiger partial charge in [-0.15, -0.1) is 0 Å². The first kappa shape index (κ1) is 11.5. The SMILES string of the molecule is CC(=O)NN(C(C)=O)N([C]=O)C1CCC1. The van der Waals surface area contributed by atoms with Gasteiger partial charge in [0, 0.05) is 13.8 Å². The zero-order chi connectivity index (χ0) is 11.4. The Hall–Kier alpha value is -1.59. The lowest BCUT2D eigenvalue weighted by Crippen LogP contribution is -2.59. The van der Waals surface area contributed by atoms with Gasteiger partial charge in [-0.3, -0.25) is 14.4 Å². The van der Waals surface area contributed by atoms with Gasteiger partial charge >= 0.3 is 6.41 Å². The van der Waals surface area contributed by atoms with Crippen LogP contribution in [0.1, 0.15) is 33.1 Å². The number of nitrogens with zero attached hydrogens (tertiary/aromatic N) is 2. The van der Waals surface area contributed by atoms with Gasteiger partial charge in [-0.2, -0.15) is 5.12 Å². The van der Waals surface area contributed by atoms with Crippen molar-refractivity contribution in [3.05, 3.63) is 0 Å². The fourth-order valence-corrected chi connectivity index (χ4v) is 1.34. The Morgan fingerprint density at radius 3 is 2.20 bits per heavy atom. The van der Waals surface area contributed by atoms with Crippen LogP contribution < -0.4 is 5.43 Å². The van der Waals surface area contributed by atoms with Crippen LogP contribution in [0.25, 0.3) is 0 Å². The zero-order valence-electron chi connectivity index (χ0n) is 8.82. The molecule has 0 saturated heterocycles. The molecule has 1 N–H and O–H groups in total. The minimum Gasteiger partial charge on any atom is -0.274 e. The standard InChI is InChI=1S/C9H14N3O3/c1-7(14)10-12(8(2)15)11(6-13)9-4-3-5-9/h9H,3-5H2,1-2H3,(H,10,14). The normalized spacial score (nSPS) is 15.1. The Balaban J connectivity index is 2.70. The lowest BCUT2D eigenvalue weighted by atomic mass is 9.93. The highest BCUT2D eigenvalue weighted by atomic mass is 16.2. The van der Waals surface area contributed by atoms with E-state index in [0.29, 0.717) is 0 Å². The molecule has 6 heteroatoms. The van der Waals surface area contributed by atoms with E-state index in [9.17, 15) is 14.4 Å². The third-order valence-corrected chi connectivity index (χ3v) is 2.29. The summed E-state index contributed by atoms with van der Waals surface area (Å²) < 4.78 is 0. The van der Waals surface area contributed by atoms with Crippen molar-refractivity contribution in [3.8, 4) is 0 Å². The molecule has 0 unspecified atom stereocenters. The van der Waals surface area contributed by atoms with Crippen molar-refractivity contribution in [1.82, 2.24) is 15.6 Å². The summed E-state index contributed by atoms with van der Waals surface area (Å²) in [6.45, 7) is 2.55. The van der Waals surface area contributed by atoms with E-state index in [1.807, 2.05) is 0 Å². The molecule has 3 amide bonds. The molecule has 83 valence electrons. The van der Waals surface area contributed by atoms with Gasteiger partial charge in [0.05, 0.1) is 6.04 Å². The lowest BCUT2D eigenvalue weighted by molar-refractivity contribution is -0.159. The summed E-state index contributed by atoms with van der Waals surface area (Å²) in [6.07, 6.45) is 4.35. The number of hydrazine groups is 2. The Morgan fingerprint density at radius 1 is 1.33 bits per heavy atom. The molecule has 0 spiro atoms. The molecule has 1 aliphatic carbocycles. The van der Waals surface area contributed by atoms with Crippen LogP contribution >= 0.6 is 0 Å². The van der Waals surface area contributed by atoms with Gasteiger partial charge in [0.1, 0.15) is 0 Å². The van der Waals surface area contributed by atoms with E-state index in [-0.39, 0.29) is 6.04 Å². The maximum atomic E-state index is 11.2. The maximum absolute atomic E-state index is 11.2. The molecular weight excluding hydrogens is 198 g/mol. The summed E-state index contributed by atoms with van der Waals surface area (Å²) in [7, 11) is 0. The van der Waals surface area contributed by atoms with Crippen molar-refractivity contribution < 1.29 is 14.4 Å². The van der Waals surface area contributed by atoms with Gasteiger partial charge in [-0.1, -0.05) is 0 Å². The van der Waals surface area contributed by atoms with Gasteiger partial charge in [0.2, 0.25) is 5.91 Å². The third-order valence-electron chi connectivity index (χ3n) is 2.29. The summed E-state index contributed by atoms with van der Waals surface area (Å²) in [5.41, 5.74) is 2.29. The average molecular weight is 212 g/mol. The molecule has 0 aliphatic heterocycles. The second-order valence-corrected chi connectivity index (χ2v) is 3.52. The van der Waals surface area contributed by atoms with E-state index < -0.39 is 11.8 Å². The monoisotopic (exact) mass is 212 g/mol. The molecule has 15 heavy (non-hydrogen) atoms. The van der Waals surface area contributed by atoms with Crippen LogP contribution in [0.15, 0.2) is 0 Å². The third kappa shape index (κ3) is 2.68. The quantitative estimate of drug-likeness (QED) is 0.517. The van der Waals surface area contributed by atoms with E-state index >= 15 is 0 Å². The lowest BCUT2D eigenvalue weighted by Gasteiger charge is -2.39. The highest BCUT2D eigenvalue weighted by molar-refractivity contribution is 5.80. The second-order valence-electron chi connectivity index (χ2n) is 3.52. The molecular formula is C9H14N3O3. The second kappa shape index (κ2) is 4.77. The summed E-state index contributed by atoms with van der Waals surface area (Å²) in [5.74, 6) is -0.815. The summed E-state index contributed by atoms with van der Waals surface area (Å²) >= 11 is 0. The molecule has 1 saturated carbocycles. The number of rotatable bonds is 3. The van der Waals surface area contributed by atoms with Gasteiger partial charge in [-0.05, 0) is 19.3 Å². The minimum absolute atomic E-state index is 0.0294. The molecule has 0 atom stereocenters. The topological polar surface area (TPSA) is 69.7 Å². The van der Waals surface area contributed by atoms with Gasteiger partial charge < -0.3 is 0 Å². The summed E-state index contributed by atoms with van der Waals surface area (Å²) in [6, 6.07) is -0.0294. The first-order valence-electron chi connectivity index (χ1n) is 4.81. The molecule has 0 aromatic rings. The van der Waals surface area contributed by atoms with E-state index in [4.69, 9.17) is 0 Å². The van der Waals surface area contributed by atoms with E-state index in [2.05, 4.69) is 5.43 Å². The number of hydrogen-bond acceptors (Lipinski definition) is 3. The Bertz CT molecular complexity index is 276. The van der Waals surface area contributed by atoms with Crippen molar-refractivity contribution >= 4 is 18.2 Å². The first-order valence-corrected chi connectivity index (χ1v) is 4.81. The van der Waals surface area contributed by atoms with Crippen LogP contribution in [-0.2, 0) is 14.4 Å². The van der Waals surface area contributed by atoms with E-state index in [1.165, 1.54) is 13.8 Å². The summed E-state index contributed by atoms with van der Waals surface area (Å²) in [5, 5.41) is 2.03. The largest absolute Gasteiger partial charge is 0.334 e. The first-order chi connectivity index (χ1) is 7.06. The van der Waals surface area contributed by atoms with Crippen LogP contribution in [-0.4, -0.2) is 34.4 Å². The Labute approximate surface area is 88.1 Å². The van der Waals surface area contributed by atoms with Crippen molar-refractivity contribution in [2.24, 2.45) is 0 Å². The molecule has 1 radical (unpaired) electrons. The minimum atomic E-state index is -0.416. The highest BCUT2D eigenvalue weighted by Gasteiger charge is 2.31. The Morgan fingerprint density at radius 2 is 1.93 bits per heavy atom. The number of amides is 3.